The van der Waals surface area contributed by atoms with E-state index < -0.39 is 0 Å². The summed E-state index contributed by atoms with van der Waals surface area (Å²) >= 11 is 0. The summed E-state index contributed by atoms with van der Waals surface area (Å²) in [6.45, 7) is 6.03. The molecule has 0 aliphatic carbocycles. The number of aromatic nitrogens is 3. The summed E-state index contributed by atoms with van der Waals surface area (Å²) in [4.78, 5) is 13.9. The van der Waals surface area contributed by atoms with Crippen molar-refractivity contribution in [1.29, 1.82) is 0 Å². The van der Waals surface area contributed by atoms with Gasteiger partial charge in [0.2, 0.25) is 0 Å². The van der Waals surface area contributed by atoms with Crippen LogP contribution in [0.4, 0.5) is 0 Å². The summed E-state index contributed by atoms with van der Waals surface area (Å²) in [6, 6.07) is 3.46. The summed E-state index contributed by atoms with van der Waals surface area (Å²) in [5.74, 6) is 0.373. The summed E-state index contributed by atoms with van der Waals surface area (Å²) in [5, 5.41) is 4.40. The molecule has 0 unspecified atom stereocenters. The number of nitrogens with one attached hydrogen (secondary N) is 1. The van der Waals surface area contributed by atoms with E-state index in [9.17, 15) is 4.79 Å². The first-order valence-electron chi connectivity index (χ1n) is 4.67. The van der Waals surface area contributed by atoms with E-state index in [2.05, 4.69) is 23.9 Å². The molecule has 0 saturated carbocycles. The number of rotatable bonds is 1. The van der Waals surface area contributed by atoms with Gasteiger partial charge < -0.3 is 4.98 Å². The van der Waals surface area contributed by atoms with E-state index in [0.717, 1.165) is 17.0 Å². The van der Waals surface area contributed by atoms with Crippen LogP contribution in [0.3, 0.4) is 0 Å². The van der Waals surface area contributed by atoms with Gasteiger partial charge in [-0.1, -0.05) is 13.8 Å². The third-order valence-electron chi connectivity index (χ3n) is 2.25. The lowest BCUT2D eigenvalue weighted by Gasteiger charge is -1.97. The molecular weight excluding hydrogens is 178 g/mol. The summed E-state index contributed by atoms with van der Waals surface area (Å²) in [7, 11) is 0. The van der Waals surface area contributed by atoms with Crippen LogP contribution in [0.25, 0.3) is 5.65 Å². The predicted molar refractivity (Wildman–Crippen MR) is 54.6 cm³/mol. The van der Waals surface area contributed by atoms with Crippen LogP contribution in [0, 0.1) is 6.92 Å². The Morgan fingerprint density at radius 3 is 2.79 bits per heavy atom. The van der Waals surface area contributed by atoms with Crippen LogP contribution in [0.5, 0.6) is 0 Å². The molecule has 2 heterocycles. The molecule has 0 amide bonds. The van der Waals surface area contributed by atoms with Gasteiger partial charge in [-0.3, -0.25) is 4.79 Å². The lowest BCUT2D eigenvalue weighted by atomic mass is 10.1. The summed E-state index contributed by atoms with van der Waals surface area (Å²) < 4.78 is 1.76. The molecule has 1 N–H and O–H groups in total. The van der Waals surface area contributed by atoms with E-state index in [1.165, 1.54) is 0 Å². The smallest absolute Gasteiger partial charge is 0.251 e. The molecule has 2 aromatic rings. The Bertz CT molecular complexity index is 522. The maximum Gasteiger partial charge on any atom is 0.251 e. The largest absolute Gasteiger partial charge is 0.307 e. The number of hydrogen-bond donors (Lipinski definition) is 1. The van der Waals surface area contributed by atoms with Gasteiger partial charge in [0.1, 0.15) is 5.65 Å². The zero-order valence-corrected chi connectivity index (χ0v) is 8.53. The van der Waals surface area contributed by atoms with Gasteiger partial charge in [-0.05, 0) is 12.8 Å². The highest BCUT2D eigenvalue weighted by atomic mass is 16.1. The van der Waals surface area contributed by atoms with Crippen LogP contribution in [0.15, 0.2) is 16.9 Å². The molecule has 2 aromatic heterocycles. The molecule has 0 atom stereocenters. The Hall–Kier alpha value is -1.58. The molecule has 0 radical (unpaired) electrons. The number of H-pyrrole nitrogens is 1. The fourth-order valence-corrected chi connectivity index (χ4v) is 1.45. The van der Waals surface area contributed by atoms with Crippen molar-refractivity contribution in [3.05, 3.63) is 33.9 Å². The molecule has 0 aromatic carbocycles. The molecule has 74 valence electrons. The minimum absolute atomic E-state index is 0.0785. The minimum Gasteiger partial charge on any atom is -0.307 e. The van der Waals surface area contributed by atoms with E-state index >= 15 is 0 Å². The van der Waals surface area contributed by atoms with Crippen molar-refractivity contribution >= 4 is 5.65 Å². The van der Waals surface area contributed by atoms with Gasteiger partial charge >= 0.3 is 0 Å². The monoisotopic (exact) mass is 191 g/mol. The molecule has 0 saturated heterocycles. The molecule has 4 nitrogen and oxygen atoms in total. The van der Waals surface area contributed by atoms with Crippen LogP contribution in [0.1, 0.15) is 31.2 Å². The third-order valence-corrected chi connectivity index (χ3v) is 2.25. The standard InChI is InChI=1S/C10H13N3O/c1-6(2)8-5-9-11-10(14)4-7(3)13(9)12-8/h4-6H,1-3H3,(H,11,14). The van der Waals surface area contributed by atoms with Crippen molar-refractivity contribution in [1.82, 2.24) is 14.6 Å². The first kappa shape index (κ1) is 8.99. The predicted octanol–water partition coefficient (Wildman–Crippen LogP) is 1.45. The van der Waals surface area contributed by atoms with E-state index in [1.54, 1.807) is 10.6 Å². The molecule has 0 spiro atoms. The van der Waals surface area contributed by atoms with E-state index in [0.29, 0.717) is 5.92 Å². The zero-order valence-electron chi connectivity index (χ0n) is 8.53. The van der Waals surface area contributed by atoms with E-state index in [1.807, 2.05) is 13.0 Å². The lowest BCUT2D eigenvalue weighted by Crippen LogP contribution is -2.09. The van der Waals surface area contributed by atoms with Gasteiger partial charge in [-0.15, -0.1) is 0 Å². The van der Waals surface area contributed by atoms with Gasteiger partial charge in [0, 0.05) is 17.8 Å². The summed E-state index contributed by atoms with van der Waals surface area (Å²) in [6.07, 6.45) is 0. The van der Waals surface area contributed by atoms with Crippen molar-refractivity contribution in [3.8, 4) is 0 Å². The van der Waals surface area contributed by atoms with Crippen LogP contribution in [-0.4, -0.2) is 14.6 Å². The second kappa shape index (κ2) is 2.97. The van der Waals surface area contributed by atoms with Gasteiger partial charge in [0.15, 0.2) is 0 Å². The molecule has 14 heavy (non-hydrogen) atoms. The quantitative estimate of drug-likeness (QED) is 0.741. The van der Waals surface area contributed by atoms with Crippen LogP contribution in [0.2, 0.25) is 0 Å². The second-order valence-corrected chi connectivity index (χ2v) is 3.80. The summed E-state index contributed by atoms with van der Waals surface area (Å²) in [5.41, 5.74) is 2.54. The molecule has 0 fully saturated rings. The van der Waals surface area contributed by atoms with Gasteiger partial charge in [-0.2, -0.15) is 5.10 Å². The normalized spacial score (nSPS) is 11.4. The highest BCUT2D eigenvalue weighted by Crippen LogP contribution is 2.13. The molecule has 4 heteroatoms. The number of fused-ring (bicyclic) bond motifs is 1. The van der Waals surface area contributed by atoms with Gasteiger partial charge in [-0.25, -0.2) is 4.52 Å². The van der Waals surface area contributed by atoms with E-state index in [-0.39, 0.29) is 5.56 Å². The number of aryl methyl sites for hydroxylation is 1. The SMILES string of the molecule is Cc1cc(=O)[nH]c2cc(C(C)C)nn12. The second-order valence-electron chi connectivity index (χ2n) is 3.80. The highest BCUT2D eigenvalue weighted by molar-refractivity contribution is 5.40. The number of nitrogens with zero attached hydrogens (tertiary/aromatic N) is 2. The van der Waals surface area contributed by atoms with Crippen LogP contribution >= 0.6 is 0 Å². The fourth-order valence-electron chi connectivity index (χ4n) is 1.45. The van der Waals surface area contributed by atoms with Crippen LogP contribution in [-0.2, 0) is 0 Å². The van der Waals surface area contributed by atoms with Crippen LogP contribution < -0.4 is 5.56 Å². The Morgan fingerprint density at radius 2 is 2.14 bits per heavy atom. The van der Waals surface area contributed by atoms with Crippen molar-refractivity contribution in [3.63, 3.8) is 0 Å². The topological polar surface area (TPSA) is 50.2 Å². The molecule has 2 rings (SSSR count). The Balaban J connectivity index is 2.77. The third kappa shape index (κ3) is 1.32. The van der Waals surface area contributed by atoms with Crippen molar-refractivity contribution < 1.29 is 0 Å². The first-order chi connectivity index (χ1) is 6.58. The highest BCUT2D eigenvalue weighted by Gasteiger charge is 2.07. The van der Waals surface area contributed by atoms with Gasteiger partial charge in [0.05, 0.1) is 5.69 Å². The Labute approximate surface area is 81.6 Å². The number of hydrogen-bond acceptors (Lipinski definition) is 2. The zero-order chi connectivity index (χ0) is 10.3. The maximum absolute atomic E-state index is 11.2. The van der Waals surface area contributed by atoms with Gasteiger partial charge in [0.25, 0.3) is 5.56 Å². The van der Waals surface area contributed by atoms with Crippen molar-refractivity contribution in [2.24, 2.45) is 0 Å². The molecule has 0 bridgehead atoms. The molecule has 0 aliphatic rings. The molecular formula is C10H13N3O. The maximum atomic E-state index is 11.2. The average molecular weight is 191 g/mol. The average Bonchev–Trinajstić information content (AvgIpc) is 2.47. The minimum atomic E-state index is -0.0785. The van der Waals surface area contributed by atoms with Crippen molar-refractivity contribution in [2.75, 3.05) is 0 Å². The first-order valence-corrected chi connectivity index (χ1v) is 4.67. The number of aromatic amines is 1. The lowest BCUT2D eigenvalue weighted by molar-refractivity contribution is 0.775. The van der Waals surface area contributed by atoms with Crippen molar-refractivity contribution in [2.45, 2.75) is 26.7 Å². The Morgan fingerprint density at radius 1 is 1.43 bits per heavy atom. The fraction of sp³-hybridized carbons (Fsp3) is 0.400. The van der Waals surface area contributed by atoms with E-state index in [4.69, 9.17) is 0 Å². The Kier molecular flexibility index (Phi) is 1.91. The molecule has 0 aliphatic heterocycles.